The molecule has 19 heavy (non-hydrogen) atoms. The fourth-order valence-corrected chi connectivity index (χ4v) is 3.95. The van der Waals surface area contributed by atoms with Gasteiger partial charge in [-0.1, -0.05) is 0 Å². The fraction of sp³-hybridized carbons (Fsp3) is 0.667. The van der Waals surface area contributed by atoms with Crippen LogP contribution in [0, 0.1) is 0 Å². The smallest absolute Gasteiger partial charge is 0.244 e. The largest absolute Gasteiger partial charge is 0.373 e. The van der Waals surface area contributed by atoms with E-state index in [1.165, 1.54) is 4.31 Å². The van der Waals surface area contributed by atoms with Crippen LogP contribution in [-0.4, -0.2) is 50.1 Å². The molecule has 0 bridgehead atoms. The maximum atomic E-state index is 12.5. The van der Waals surface area contributed by atoms with Crippen molar-refractivity contribution in [2.45, 2.75) is 37.5 Å². The molecular weight excluding hydrogens is 266 g/mol. The van der Waals surface area contributed by atoms with Gasteiger partial charge in [-0.05, 0) is 27.0 Å². The third kappa shape index (κ3) is 3.17. The molecule has 2 atom stereocenters. The van der Waals surface area contributed by atoms with Crippen LogP contribution in [-0.2, 0) is 21.3 Å². The lowest BCUT2D eigenvalue weighted by molar-refractivity contribution is -0.0440. The number of nitrogens with one attached hydrogen (secondary N) is 2. The van der Waals surface area contributed by atoms with Gasteiger partial charge in [0.2, 0.25) is 10.0 Å². The van der Waals surface area contributed by atoms with Crippen LogP contribution in [0.3, 0.4) is 0 Å². The van der Waals surface area contributed by atoms with Crippen molar-refractivity contribution in [2.24, 2.45) is 0 Å². The molecule has 0 radical (unpaired) electrons. The van der Waals surface area contributed by atoms with Gasteiger partial charge in [-0.3, -0.25) is 0 Å². The molecule has 0 saturated carbocycles. The maximum Gasteiger partial charge on any atom is 0.244 e. The van der Waals surface area contributed by atoms with Crippen LogP contribution in [0.15, 0.2) is 17.2 Å². The van der Waals surface area contributed by atoms with Crippen molar-refractivity contribution in [3.63, 3.8) is 0 Å². The predicted molar refractivity (Wildman–Crippen MR) is 72.3 cm³/mol. The monoisotopic (exact) mass is 287 g/mol. The van der Waals surface area contributed by atoms with Crippen LogP contribution >= 0.6 is 0 Å². The lowest BCUT2D eigenvalue weighted by atomic mass is 10.3. The number of H-pyrrole nitrogens is 1. The summed E-state index contributed by atoms with van der Waals surface area (Å²) in [5.74, 6) is 0. The summed E-state index contributed by atoms with van der Waals surface area (Å²) in [7, 11) is -1.61. The highest BCUT2D eigenvalue weighted by Gasteiger charge is 2.32. The molecule has 108 valence electrons. The number of sulfonamides is 1. The van der Waals surface area contributed by atoms with E-state index in [2.05, 4.69) is 10.3 Å². The van der Waals surface area contributed by atoms with E-state index in [0.717, 1.165) is 5.69 Å². The number of aromatic nitrogens is 1. The molecule has 1 saturated heterocycles. The molecule has 0 spiro atoms. The molecule has 2 unspecified atom stereocenters. The number of nitrogens with zero attached hydrogens (tertiary/aromatic N) is 1. The summed E-state index contributed by atoms with van der Waals surface area (Å²) < 4.78 is 32.1. The van der Waals surface area contributed by atoms with Gasteiger partial charge in [0.25, 0.3) is 0 Å². The lowest BCUT2D eigenvalue weighted by Gasteiger charge is -2.34. The number of hydrogen-bond donors (Lipinski definition) is 2. The summed E-state index contributed by atoms with van der Waals surface area (Å²) in [4.78, 5) is 3.29. The Hall–Kier alpha value is -0.890. The van der Waals surface area contributed by atoms with E-state index < -0.39 is 10.0 Å². The zero-order valence-electron chi connectivity index (χ0n) is 11.5. The molecule has 2 heterocycles. The predicted octanol–water partition coefficient (Wildman–Crippen LogP) is 0.532. The van der Waals surface area contributed by atoms with Crippen LogP contribution in [0.1, 0.15) is 19.5 Å². The Morgan fingerprint density at radius 3 is 2.63 bits per heavy atom. The molecular formula is C12H21N3O3S. The summed E-state index contributed by atoms with van der Waals surface area (Å²) in [5, 5.41) is 2.98. The van der Waals surface area contributed by atoms with Gasteiger partial charge in [0.1, 0.15) is 0 Å². The van der Waals surface area contributed by atoms with Gasteiger partial charge in [-0.15, -0.1) is 0 Å². The number of ether oxygens (including phenoxy) is 1. The molecule has 1 aromatic heterocycles. The van der Waals surface area contributed by atoms with Gasteiger partial charge >= 0.3 is 0 Å². The second kappa shape index (κ2) is 5.62. The first kappa shape index (κ1) is 14.5. The zero-order chi connectivity index (χ0) is 14.0. The summed E-state index contributed by atoms with van der Waals surface area (Å²) in [6.07, 6.45) is 1.40. The summed E-state index contributed by atoms with van der Waals surface area (Å²) in [5.41, 5.74) is 0.857. The standard InChI is InChI=1S/C12H21N3O3S/c1-9-7-15(8-10(2)18-9)19(16,17)12-4-11(5-13-3)14-6-12/h4,6,9-10,13-14H,5,7-8H2,1-3H3. The van der Waals surface area contributed by atoms with Crippen LogP contribution in [0.2, 0.25) is 0 Å². The van der Waals surface area contributed by atoms with E-state index in [0.29, 0.717) is 24.5 Å². The highest BCUT2D eigenvalue weighted by Crippen LogP contribution is 2.21. The molecule has 0 aromatic carbocycles. The van der Waals surface area contributed by atoms with Gasteiger partial charge < -0.3 is 15.0 Å². The van der Waals surface area contributed by atoms with E-state index in [-0.39, 0.29) is 12.2 Å². The van der Waals surface area contributed by atoms with Crippen molar-refractivity contribution < 1.29 is 13.2 Å². The molecule has 2 N–H and O–H groups in total. The van der Waals surface area contributed by atoms with Crippen molar-refractivity contribution in [3.05, 3.63) is 18.0 Å². The molecule has 0 amide bonds. The quantitative estimate of drug-likeness (QED) is 0.847. The van der Waals surface area contributed by atoms with Crippen molar-refractivity contribution >= 4 is 10.0 Å². The molecule has 0 aliphatic carbocycles. The minimum absolute atomic E-state index is 0.0748. The molecule has 2 rings (SSSR count). The third-order valence-corrected chi connectivity index (χ3v) is 4.92. The minimum Gasteiger partial charge on any atom is -0.373 e. The average Bonchev–Trinajstić information content (AvgIpc) is 2.77. The van der Waals surface area contributed by atoms with Gasteiger partial charge in [-0.2, -0.15) is 4.31 Å². The van der Waals surface area contributed by atoms with E-state index in [4.69, 9.17) is 4.74 Å². The summed E-state index contributed by atoms with van der Waals surface area (Å²) in [6, 6.07) is 1.68. The Morgan fingerprint density at radius 2 is 2.05 bits per heavy atom. The Balaban J connectivity index is 2.20. The van der Waals surface area contributed by atoms with E-state index in [1.54, 1.807) is 12.3 Å². The summed E-state index contributed by atoms with van der Waals surface area (Å²) in [6.45, 7) is 5.20. The number of hydrogen-bond acceptors (Lipinski definition) is 4. The molecule has 1 aliphatic rings. The van der Waals surface area contributed by atoms with E-state index in [9.17, 15) is 8.42 Å². The third-order valence-electron chi connectivity index (χ3n) is 3.11. The zero-order valence-corrected chi connectivity index (χ0v) is 12.3. The van der Waals surface area contributed by atoms with E-state index >= 15 is 0 Å². The normalized spacial score (nSPS) is 25.6. The topological polar surface area (TPSA) is 74.4 Å². The Kier molecular flexibility index (Phi) is 4.29. The van der Waals surface area contributed by atoms with Crippen molar-refractivity contribution in [1.29, 1.82) is 0 Å². The highest BCUT2D eigenvalue weighted by atomic mass is 32.2. The van der Waals surface area contributed by atoms with Gasteiger partial charge in [-0.25, -0.2) is 8.42 Å². The van der Waals surface area contributed by atoms with Crippen LogP contribution < -0.4 is 5.32 Å². The summed E-state index contributed by atoms with van der Waals surface area (Å²) >= 11 is 0. The van der Waals surface area contributed by atoms with Crippen molar-refractivity contribution in [3.8, 4) is 0 Å². The second-order valence-corrected chi connectivity index (χ2v) is 6.91. The first-order chi connectivity index (χ1) is 8.93. The Labute approximate surface area is 114 Å². The first-order valence-corrected chi connectivity index (χ1v) is 7.85. The van der Waals surface area contributed by atoms with Crippen LogP contribution in [0.5, 0.6) is 0 Å². The van der Waals surface area contributed by atoms with Crippen molar-refractivity contribution in [1.82, 2.24) is 14.6 Å². The van der Waals surface area contributed by atoms with Gasteiger partial charge in [0.15, 0.2) is 0 Å². The molecule has 1 aliphatic heterocycles. The molecule has 1 aromatic rings. The van der Waals surface area contributed by atoms with Gasteiger partial charge in [0, 0.05) is 31.5 Å². The Morgan fingerprint density at radius 1 is 1.42 bits per heavy atom. The highest BCUT2D eigenvalue weighted by molar-refractivity contribution is 7.89. The van der Waals surface area contributed by atoms with Crippen molar-refractivity contribution in [2.75, 3.05) is 20.1 Å². The van der Waals surface area contributed by atoms with E-state index in [1.807, 2.05) is 20.9 Å². The van der Waals surface area contributed by atoms with Crippen LogP contribution in [0.4, 0.5) is 0 Å². The number of aromatic amines is 1. The molecule has 7 heteroatoms. The first-order valence-electron chi connectivity index (χ1n) is 6.41. The fourth-order valence-electron chi connectivity index (χ4n) is 2.34. The maximum absolute atomic E-state index is 12.5. The minimum atomic E-state index is -3.43. The second-order valence-electron chi connectivity index (χ2n) is 4.97. The lowest BCUT2D eigenvalue weighted by Crippen LogP contribution is -2.47. The number of morpholine rings is 1. The van der Waals surface area contributed by atoms with Crippen LogP contribution in [0.25, 0.3) is 0 Å². The average molecular weight is 287 g/mol. The number of rotatable bonds is 4. The molecule has 1 fully saturated rings. The molecule has 6 nitrogen and oxygen atoms in total. The SMILES string of the molecule is CNCc1cc(S(=O)(=O)N2CC(C)OC(C)C2)c[nH]1. The van der Waals surface area contributed by atoms with Gasteiger partial charge in [0.05, 0.1) is 17.1 Å². The Bertz CT molecular complexity index is 516.